The van der Waals surface area contributed by atoms with E-state index in [1.165, 1.54) is 19.3 Å². The first-order valence-corrected chi connectivity index (χ1v) is 7.03. The molecule has 0 aromatic heterocycles. The van der Waals surface area contributed by atoms with Gasteiger partial charge in [-0.15, -0.1) is 0 Å². The second-order valence-corrected chi connectivity index (χ2v) is 6.16. The summed E-state index contributed by atoms with van der Waals surface area (Å²) in [5.74, 6) is 0. The molecule has 3 nitrogen and oxygen atoms in total. The van der Waals surface area contributed by atoms with Crippen molar-refractivity contribution in [1.29, 1.82) is 0 Å². The maximum atomic E-state index is 9.52. The Morgan fingerprint density at radius 1 is 1.35 bits per heavy atom. The third-order valence-corrected chi connectivity index (χ3v) is 4.43. The summed E-state index contributed by atoms with van der Waals surface area (Å²) in [5, 5.41) is 12.9. The molecule has 2 unspecified atom stereocenters. The summed E-state index contributed by atoms with van der Waals surface area (Å²) in [6.07, 6.45) is 5.01. The minimum Gasteiger partial charge on any atom is -0.395 e. The van der Waals surface area contributed by atoms with Crippen molar-refractivity contribution in [2.24, 2.45) is 5.41 Å². The van der Waals surface area contributed by atoms with E-state index in [1.54, 1.807) is 0 Å². The van der Waals surface area contributed by atoms with Crippen LogP contribution in [0.2, 0.25) is 0 Å². The fraction of sp³-hybridized carbons (Fsp3) is 1.00. The van der Waals surface area contributed by atoms with Crippen LogP contribution in [0, 0.1) is 5.41 Å². The lowest BCUT2D eigenvalue weighted by Gasteiger charge is -2.39. The summed E-state index contributed by atoms with van der Waals surface area (Å²) >= 11 is 0. The number of hydrogen-bond acceptors (Lipinski definition) is 3. The summed E-state index contributed by atoms with van der Waals surface area (Å²) in [6.45, 7) is 9.39. The van der Waals surface area contributed by atoms with Crippen LogP contribution in [0.1, 0.15) is 46.5 Å². The average Bonchev–Trinajstić information content (AvgIpc) is 2.52. The van der Waals surface area contributed by atoms with E-state index >= 15 is 0 Å². The van der Waals surface area contributed by atoms with Gasteiger partial charge >= 0.3 is 0 Å². The molecule has 1 rings (SSSR count). The first kappa shape index (κ1) is 14.9. The third kappa shape index (κ3) is 4.23. The number of nitrogens with zero attached hydrogens (tertiary/aromatic N) is 1. The van der Waals surface area contributed by atoms with Gasteiger partial charge in [0, 0.05) is 18.6 Å². The van der Waals surface area contributed by atoms with Crippen LogP contribution >= 0.6 is 0 Å². The van der Waals surface area contributed by atoms with Gasteiger partial charge in [0.25, 0.3) is 0 Å². The van der Waals surface area contributed by atoms with E-state index in [-0.39, 0.29) is 5.41 Å². The molecule has 0 aromatic carbocycles. The highest BCUT2D eigenvalue weighted by Gasteiger charge is 2.30. The lowest BCUT2D eigenvalue weighted by Crippen LogP contribution is -2.49. The maximum absolute atomic E-state index is 9.52. The fourth-order valence-corrected chi connectivity index (χ4v) is 2.70. The highest BCUT2D eigenvalue weighted by Crippen LogP contribution is 2.26. The summed E-state index contributed by atoms with van der Waals surface area (Å²) in [7, 11) is 2.03. The molecule has 0 aliphatic carbocycles. The van der Waals surface area contributed by atoms with Gasteiger partial charge in [0.15, 0.2) is 0 Å². The lowest BCUT2D eigenvalue weighted by molar-refractivity contribution is 0.0743. The summed E-state index contributed by atoms with van der Waals surface area (Å²) in [6, 6.07) is 0.867. The zero-order valence-electron chi connectivity index (χ0n) is 12.0. The van der Waals surface area contributed by atoms with Gasteiger partial charge in [0.1, 0.15) is 0 Å². The predicted molar refractivity (Wildman–Crippen MR) is 73.2 cm³/mol. The van der Waals surface area contributed by atoms with Crippen LogP contribution in [-0.2, 0) is 0 Å². The van der Waals surface area contributed by atoms with Crippen LogP contribution in [0.3, 0.4) is 0 Å². The molecule has 0 amide bonds. The molecule has 1 saturated heterocycles. The molecular formula is C14H30N2O. The van der Waals surface area contributed by atoms with Crippen LogP contribution in [0.5, 0.6) is 0 Å². The molecule has 1 aliphatic rings. The molecule has 1 fully saturated rings. The van der Waals surface area contributed by atoms with E-state index in [2.05, 4.69) is 31.0 Å². The average molecular weight is 242 g/mol. The molecule has 17 heavy (non-hydrogen) atoms. The second kappa shape index (κ2) is 6.72. The molecule has 2 atom stereocenters. The Balaban J connectivity index is 2.62. The minimum absolute atomic E-state index is 0.243. The third-order valence-electron chi connectivity index (χ3n) is 4.43. The van der Waals surface area contributed by atoms with Gasteiger partial charge < -0.3 is 10.4 Å². The van der Waals surface area contributed by atoms with Crippen molar-refractivity contribution >= 4 is 0 Å². The molecule has 0 bridgehead atoms. The first-order valence-electron chi connectivity index (χ1n) is 7.03. The highest BCUT2D eigenvalue weighted by atomic mass is 16.3. The number of nitrogens with one attached hydrogen (secondary N) is 1. The number of hydrogen-bond donors (Lipinski definition) is 2. The normalized spacial score (nSPS) is 25.6. The number of aliphatic hydroxyl groups is 1. The smallest absolute Gasteiger partial charge is 0.0586 e. The Bertz CT molecular complexity index is 218. The Labute approximate surface area is 107 Å². The largest absolute Gasteiger partial charge is 0.395 e. The molecule has 0 aromatic rings. The van der Waals surface area contributed by atoms with Gasteiger partial charge in [-0.1, -0.05) is 26.7 Å². The van der Waals surface area contributed by atoms with Gasteiger partial charge in [0.2, 0.25) is 0 Å². The van der Waals surface area contributed by atoms with Crippen LogP contribution in [0.4, 0.5) is 0 Å². The zero-order valence-corrected chi connectivity index (χ0v) is 12.0. The fourth-order valence-electron chi connectivity index (χ4n) is 2.70. The van der Waals surface area contributed by atoms with Gasteiger partial charge in [-0.05, 0) is 38.8 Å². The molecular weight excluding hydrogens is 212 g/mol. The second-order valence-electron chi connectivity index (χ2n) is 6.16. The molecule has 1 aliphatic heterocycles. The molecule has 2 N–H and O–H groups in total. The number of likely N-dealkylation sites (tertiary alicyclic amines) is 1. The molecule has 3 heteroatoms. The standard InChI is InChI=1S/C14H30N2O/c1-12(15-4)14(2,3)11-16-9-7-5-6-8-13(16)10-17/h12-13,15,17H,5-11H2,1-4H3. The summed E-state index contributed by atoms with van der Waals surface area (Å²) in [5.41, 5.74) is 0.243. The summed E-state index contributed by atoms with van der Waals surface area (Å²) < 4.78 is 0. The molecule has 0 radical (unpaired) electrons. The van der Waals surface area contributed by atoms with Crippen molar-refractivity contribution in [2.45, 2.75) is 58.5 Å². The Kier molecular flexibility index (Phi) is 5.90. The summed E-state index contributed by atoms with van der Waals surface area (Å²) in [4.78, 5) is 2.50. The lowest BCUT2D eigenvalue weighted by atomic mass is 9.84. The van der Waals surface area contributed by atoms with E-state index in [9.17, 15) is 5.11 Å². The van der Waals surface area contributed by atoms with E-state index in [0.29, 0.717) is 18.7 Å². The quantitative estimate of drug-likeness (QED) is 0.772. The van der Waals surface area contributed by atoms with Gasteiger partial charge in [-0.25, -0.2) is 0 Å². The van der Waals surface area contributed by atoms with Crippen molar-refractivity contribution in [1.82, 2.24) is 10.2 Å². The Hall–Kier alpha value is -0.120. The maximum Gasteiger partial charge on any atom is 0.0586 e. The first-order chi connectivity index (χ1) is 8.01. The topological polar surface area (TPSA) is 35.5 Å². The molecule has 102 valence electrons. The van der Waals surface area contributed by atoms with E-state index < -0.39 is 0 Å². The highest BCUT2D eigenvalue weighted by molar-refractivity contribution is 4.86. The number of aliphatic hydroxyl groups excluding tert-OH is 1. The molecule has 0 spiro atoms. The SMILES string of the molecule is CNC(C)C(C)(C)CN1CCCCCC1CO. The number of rotatable bonds is 5. The van der Waals surface area contributed by atoms with Crippen LogP contribution < -0.4 is 5.32 Å². The van der Waals surface area contributed by atoms with E-state index in [4.69, 9.17) is 0 Å². The Morgan fingerprint density at radius 2 is 2.06 bits per heavy atom. The van der Waals surface area contributed by atoms with Crippen LogP contribution in [-0.4, -0.2) is 48.8 Å². The van der Waals surface area contributed by atoms with Gasteiger partial charge in [-0.2, -0.15) is 0 Å². The monoisotopic (exact) mass is 242 g/mol. The van der Waals surface area contributed by atoms with Crippen molar-refractivity contribution in [3.8, 4) is 0 Å². The minimum atomic E-state index is 0.243. The van der Waals surface area contributed by atoms with Crippen molar-refractivity contribution in [2.75, 3.05) is 26.7 Å². The predicted octanol–water partition coefficient (Wildman–Crippen LogP) is 1.86. The van der Waals surface area contributed by atoms with E-state index in [0.717, 1.165) is 19.5 Å². The molecule has 1 heterocycles. The van der Waals surface area contributed by atoms with Crippen molar-refractivity contribution < 1.29 is 5.11 Å². The van der Waals surface area contributed by atoms with Gasteiger partial charge in [-0.3, -0.25) is 4.90 Å². The van der Waals surface area contributed by atoms with E-state index in [1.807, 2.05) is 7.05 Å². The Morgan fingerprint density at radius 3 is 2.65 bits per heavy atom. The van der Waals surface area contributed by atoms with Crippen molar-refractivity contribution in [3.05, 3.63) is 0 Å². The van der Waals surface area contributed by atoms with Crippen LogP contribution in [0.25, 0.3) is 0 Å². The van der Waals surface area contributed by atoms with Crippen molar-refractivity contribution in [3.63, 3.8) is 0 Å². The zero-order chi connectivity index (χ0) is 12.9. The van der Waals surface area contributed by atoms with Gasteiger partial charge in [0.05, 0.1) is 6.61 Å². The van der Waals surface area contributed by atoms with Crippen LogP contribution in [0.15, 0.2) is 0 Å². The molecule has 0 saturated carbocycles.